The molecule has 0 aliphatic heterocycles. The molecule has 22 heavy (non-hydrogen) atoms. The molecule has 0 fully saturated rings. The summed E-state index contributed by atoms with van der Waals surface area (Å²) in [7, 11) is 0. The van der Waals surface area contributed by atoms with Crippen molar-refractivity contribution in [2.24, 2.45) is 0 Å². The van der Waals surface area contributed by atoms with Gasteiger partial charge in [-0.05, 0) is 46.2 Å². The SMILES string of the molecule is Nc1c(CCc2ccccc2)ccc2c1Cc1ccccc1-2. The van der Waals surface area contributed by atoms with Crippen molar-refractivity contribution in [3.63, 3.8) is 0 Å². The Labute approximate surface area is 131 Å². The first-order valence-electron chi connectivity index (χ1n) is 7.85. The second-order valence-corrected chi connectivity index (χ2v) is 5.98. The highest BCUT2D eigenvalue weighted by atomic mass is 14.6. The standard InChI is InChI=1S/C21H19N/c22-21-16(11-10-15-6-2-1-3-7-15)12-13-19-18-9-5-4-8-17(18)14-20(19)21/h1-9,12-13H,10-11,14,22H2. The van der Waals surface area contributed by atoms with Gasteiger partial charge in [0.2, 0.25) is 0 Å². The van der Waals surface area contributed by atoms with Gasteiger partial charge in [-0.1, -0.05) is 66.7 Å². The molecule has 0 atom stereocenters. The summed E-state index contributed by atoms with van der Waals surface area (Å²) in [5, 5.41) is 0. The number of rotatable bonds is 3. The number of benzene rings is 3. The minimum Gasteiger partial charge on any atom is -0.398 e. The number of hydrogen-bond donors (Lipinski definition) is 1. The lowest BCUT2D eigenvalue weighted by molar-refractivity contribution is 0.960. The maximum Gasteiger partial charge on any atom is 0.0388 e. The van der Waals surface area contributed by atoms with Gasteiger partial charge in [-0.3, -0.25) is 0 Å². The van der Waals surface area contributed by atoms with E-state index in [1.807, 2.05) is 0 Å². The Morgan fingerprint density at radius 3 is 2.36 bits per heavy atom. The van der Waals surface area contributed by atoms with Gasteiger partial charge in [-0.15, -0.1) is 0 Å². The largest absolute Gasteiger partial charge is 0.398 e. The summed E-state index contributed by atoms with van der Waals surface area (Å²) in [4.78, 5) is 0. The van der Waals surface area contributed by atoms with E-state index in [0.29, 0.717) is 0 Å². The smallest absolute Gasteiger partial charge is 0.0388 e. The van der Waals surface area contributed by atoms with E-state index in [9.17, 15) is 0 Å². The third-order valence-corrected chi connectivity index (χ3v) is 4.65. The molecule has 0 unspecified atom stereocenters. The van der Waals surface area contributed by atoms with Crippen LogP contribution in [-0.2, 0) is 19.3 Å². The second kappa shape index (κ2) is 5.34. The summed E-state index contributed by atoms with van der Waals surface area (Å²) in [5.74, 6) is 0. The molecule has 0 bridgehead atoms. The van der Waals surface area contributed by atoms with Gasteiger partial charge >= 0.3 is 0 Å². The fourth-order valence-electron chi connectivity index (χ4n) is 3.43. The van der Waals surface area contributed by atoms with Gasteiger partial charge in [0.05, 0.1) is 0 Å². The van der Waals surface area contributed by atoms with Gasteiger partial charge in [0.25, 0.3) is 0 Å². The Kier molecular flexibility index (Phi) is 3.19. The van der Waals surface area contributed by atoms with E-state index in [1.165, 1.54) is 33.4 Å². The Hall–Kier alpha value is -2.54. The van der Waals surface area contributed by atoms with E-state index >= 15 is 0 Å². The molecule has 0 spiro atoms. The summed E-state index contributed by atoms with van der Waals surface area (Å²) < 4.78 is 0. The van der Waals surface area contributed by atoms with E-state index < -0.39 is 0 Å². The lowest BCUT2D eigenvalue weighted by Crippen LogP contribution is -2.01. The highest BCUT2D eigenvalue weighted by Crippen LogP contribution is 2.40. The Balaban J connectivity index is 1.63. The molecule has 2 N–H and O–H groups in total. The summed E-state index contributed by atoms with van der Waals surface area (Å²) in [6.45, 7) is 0. The quantitative estimate of drug-likeness (QED) is 0.546. The van der Waals surface area contributed by atoms with Crippen LogP contribution in [-0.4, -0.2) is 0 Å². The van der Waals surface area contributed by atoms with Crippen molar-refractivity contribution in [3.8, 4) is 11.1 Å². The Morgan fingerprint density at radius 2 is 1.50 bits per heavy atom. The second-order valence-electron chi connectivity index (χ2n) is 5.98. The third-order valence-electron chi connectivity index (χ3n) is 4.65. The van der Waals surface area contributed by atoms with Crippen molar-refractivity contribution in [1.82, 2.24) is 0 Å². The molecular formula is C21H19N. The Morgan fingerprint density at radius 1 is 0.727 bits per heavy atom. The van der Waals surface area contributed by atoms with E-state index in [1.54, 1.807) is 0 Å². The molecule has 3 aromatic carbocycles. The molecule has 0 amide bonds. The highest BCUT2D eigenvalue weighted by Gasteiger charge is 2.21. The normalized spacial score (nSPS) is 12.0. The molecule has 0 radical (unpaired) electrons. The monoisotopic (exact) mass is 285 g/mol. The molecule has 0 saturated carbocycles. The van der Waals surface area contributed by atoms with Crippen LogP contribution < -0.4 is 5.73 Å². The number of nitrogens with two attached hydrogens (primary N) is 1. The van der Waals surface area contributed by atoms with E-state index in [4.69, 9.17) is 5.73 Å². The first kappa shape index (κ1) is 13.1. The predicted molar refractivity (Wildman–Crippen MR) is 92.9 cm³/mol. The fourth-order valence-corrected chi connectivity index (χ4v) is 3.43. The minimum atomic E-state index is 0.969. The van der Waals surface area contributed by atoms with Crippen molar-refractivity contribution in [2.75, 3.05) is 5.73 Å². The molecular weight excluding hydrogens is 266 g/mol. The molecule has 1 aliphatic rings. The topological polar surface area (TPSA) is 26.0 Å². The van der Waals surface area contributed by atoms with Crippen LogP contribution >= 0.6 is 0 Å². The van der Waals surface area contributed by atoms with Crippen LogP contribution in [0.2, 0.25) is 0 Å². The summed E-state index contributed by atoms with van der Waals surface area (Å²) in [6.07, 6.45) is 3.01. The Bertz CT molecular complexity index is 819. The van der Waals surface area contributed by atoms with E-state index in [-0.39, 0.29) is 0 Å². The number of anilines is 1. The molecule has 1 nitrogen and oxygen atoms in total. The summed E-state index contributed by atoms with van der Waals surface area (Å²) in [5.41, 5.74) is 15.5. The van der Waals surface area contributed by atoms with Crippen LogP contribution in [0.15, 0.2) is 66.7 Å². The van der Waals surface area contributed by atoms with Gasteiger partial charge in [-0.2, -0.15) is 0 Å². The van der Waals surface area contributed by atoms with Crippen LogP contribution in [0.25, 0.3) is 11.1 Å². The molecule has 0 heterocycles. The lowest BCUT2D eigenvalue weighted by Gasteiger charge is -2.11. The zero-order valence-corrected chi connectivity index (χ0v) is 12.5. The molecule has 0 saturated heterocycles. The van der Waals surface area contributed by atoms with Crippen molar-refractivity contribution in [1.29, 1.82) is 0 Å². The maximum atomic E-state index is 6.48. The number of aryl methyl sites for hydroxylation is 2. The fraction of sp³-hybridized carbons (Fsp3) is 0.143. The zero-order chi connectivity index (χ0) is 14.9. The van der Waals surface area contributed by atoms with Crippen molar-refractivity contribution in [3.05, 3.63) is 89.0 Å². The molecule has 3 aromatic rings. The van der Waals surface area contributed by atoms with E-state index in [0.717, 1.165) is 24.9 Å². The van der Waals surface area contributed by atoms with Gasteiger partial charge < -0.3 is 5.73 Å². The van der Waals surface area contributed by atoms with Gasteiger partial charge in [0.15, 0.2) is 0 Å². The van der Waals surface area contributed by atoms with Crippen LogP contribution in [0.4, 0.5) is 5.69 Å². The average Bonchev–Trinajstić information content (AvgIpc) is 2.95. The van der Waals surface area contributed by atoms with Gasteiger partial charge in [0, 0.05) is 12.1 Å². The number of fused-ring (bicyclic) bond motifs is 3. The van der Waals surface area contributed by atoms with Crippen molar-refractivity contribution in [2.45, 2.75) is 19.3 Å². The van der Waals surface area contributed by atoms with Crippen LogP contribution in [0.5, 0.6) is 0 Å². The predicted octanol–water partition coefficient (Wildman–Crippen LogP) is 4.63. The molecule has 0 aromatic heterocycles. The van der Waals surface area contributed by atoms with Crippen LogP contribution in [0.1, 0.15) is 22.3 Å². The van der Waals surface area contributed by atoms with Crippen molar-refractivity contribution < 1.29 is 0 Å². The molecule has 1 heteroatoms. The molecule has 1 aliphatic carbocycles. The summed E-state index contributed by atoms with van der Waals surface area (Å²) in [6, 6.07) is 23.7. The van der Waals surface area contributed by atoms with Crippen LogP contribution in [0.3, 0.4) is 0 Å². The summed E-state index contributed by atoms with van der Waals surface area (Å²) >= 11 is 0. The first-order chi connectivity index (χ1) is 10.8. The molecule has 4 rings (SSSR count). The zero-order valence-electron chi connectivity index (χ0n) is 12.5. The number of nitrogen functional groups attached to an aromatic ring is 1. The van der Waals surface area contributed by atoms with Crippen molar-refractivity contribution >= 4 is 5.69 Å². The first-order valence-corrected chi connectivity index (χ1v) is 7.85. The average molecular weight is 285 g/mol. The molecule has 108 valence electrons. The highest BCUT2D eigenvalue weighted by molar-refractivity contribution is 5.82. The van der Waals surface area contributed by atoms with Crippen LogP contribution in [0, 0.1) is 0 Å². The third kappa shape index (κ3) is 2.19. The minimum absolute atomic E-state index is 0.969. The van der Waals surface area contributed by atoms with Gasteiger partial charge in [-0.25, -0.2) is 0 Å². The van der Waals surface area contributed by atoms with Gasteiger partial charge in [0.1, 0.15) is 0 Å². The lowest BCUT2D eigenvalue weighted by atomic mass is 9.97. The number of hydrogen-bond acceptors (Lipinski definition) is 1. The van der Waals surface area contributed by atoms with E-state index in [2.05, 4.69) is 66.7 Å². The maximum absolute atomic E-state index is 6.48.